The third-order valence-electron chi connectivity index (χ3n) is 4.63. The molecule has 1 aromatic heterocycles. The lowest BCUT2D eigenvalue weighted by atomic mass is 10.1. The zero-order valence-electron chi connectivity index (χ0n) is 13.4. The maximum Gasteiger partial charge on any atom is 0.226 e. The number of carbonyl (C=O) groups excluding carboxylic acids is 1. The lowest BCUT2D eigenvalue weighted by molar-refractivity contribution is -0.121. The van der Waals surface area contributed by atoms with Crippen molar-refractivity contribution >= 4 is 17.5 Å². The molecule has 1 heterocycles. The van der Waals surface area contributed by atoms with Crippen molar-refractivity contribution in [3.05, 3.63) is 46.6 Å². The minimum absolute atomic E-state index is 0.0893. The second-order valence-corrected chi connectivity index (χ2v) is 7.18. The van der Waals surface area contributed by atoms with Crippen LogP contribution in [0.4, 0.5) is 0 Å². The Kier molecular flexibility index (Phi) is 4.27. The fourth-order valence-electron chi connectivity index (χ4n) is 3.02. The smallest absolute Gasteiger partial charge is 0.226 e. The Hall–Kier alpha value is -1.88. The van der Waals surface area contributed by atoms with Crippen LogP contribution in [0.15, 0.2) is 28.8 Å². The minimum atomic E-state index is 0.0893. The van der Waals surface area contributed by atoms with E-state index in [4.69, 9.17) is 16.1 Å². The molecule has 0 spiro atoms. The second kappa shape index (κ2) is 6.55. The average molecular weight is 346 g/mol. The van der Waals surface area contributed by atoms with Crippen molar-refractivity contribution < 1.29 is 9.32 Å². The van der Waals surface area contributed by atoms with Crippen LogP contribution in [0.2, 0.25) is 5.02 Å². The Balaban J connectivity index is 1.19. The highest BCUT2D eigenvalue weighted by molar-refractivity contribution is 6.30. The fraction of sp³-hybridized carbons (Fsp3) is 0.500. The van der Waals surface area contributed by atoms with Gasteiger partial charge in [-0.25, -0.2) is 0 Å². The SMILES string of the molecule is O=C(CCCc1nc(C2CC2)no1)N[C@@H]1C[C@@H]1c1cccc(Cl)c1. The molecule has 0 saturated heterocycles. The number of aryl methyl sites for hydroxylation is 1. The number of carbonyl (C=O) groups is 1. The Bertz CT molecular complexity index is 741. The summed E-state index contributed by atoms with van der Waals surface area (Å²) in [5, 5.41) is 7.83. The van der Waals surface area contributed by atoms with E-state index in [1.54, 1.807) is 0 Å². The van der Waals surface area contributed by atoms with Crippen LogP contribution >= 0.6 is 11.6 Å². The number of nitrogens with one attached hydrogen (secondary N) is 1. The molecule has 2 atom stereocenters. The first kappa shape index (κ1) is 15.6. The number of hydrogen-bond donors (Lipinski definition) is 1. The predicted octanol–water partition coefficient (Wildman–Crippen LogP) is 3.60. The van der Waals surface area contributed by atoms with Crippen LogP contribution in [0.3, 0.4) is 0 Å². The summed E-state index contributed by atoms with van der Waals surface area (Å²) < 4.78 is 5.22. The molecule has 1 aromatic carbocycles. The molecule has 2 aromatic rings. The van der Waals surface area contributed by atoms with E-state index < -0.39 is 0 Å². The van der Waals surface area contributed by atoms with Crippen molar-refractivity contribution in [2.75, 3.05) is 0 Å². The van der Waals surface area contributed by atoms with Gasteiger partial charge in [-0.05, 0) is 43.4 Å². The maximum atomic E-state index is 12.0. The summed E-state index contributed by atoms with van der Waals surface area (Å²) in [4.78, 5) is 16.4. The van der Waals surface area contributed by atoms with E-state index in [1.807, 2.05) is 18.2 Å². The lowest BCUT2D eigenvalue weighted by Crippen LogP contribution is -2.26. The van der Waals surface area contributed by atoms with Gasteiger partial charge >= 0.3 is 0 Å². The highest BCUT2D eigenvalue weighted by atomic mass is 35.5. The summed E-state index contributed by atoms with van der Waals surface area (Å²) >= 11 is 6.01. The highest BCUT2D eigenvalue weighted by Gasteiger charge is 2.39. The van der Waals surface area contributed by atoms with E-state index in [2.05, 4.69) is 21.5 Å². The van der Waals surface area contributed by atoms with Crippen LogP contribution in [-0.2, 0) is 11.2 Å². The van der Waals surface area contributed by atoms with E-state index in [9.17, 15) is 4.79 Å². The van der Waals surface area contributed by atoms with Gasteiger partial charge < -0.3 is 9.84 Å². The minimum Gasteiger partial charge on any atom is -0.353 e. The molecule has 2 aliphatic carbocycles. The summed E-state index contributed by atoms with van der Waals surface area (Å²) in [5.41, 5.74) is 1.20. The molecule has 6 heteroatoms. The molecule has 2 fully saturated rings. The van der Waals surface area contributed by atoms with E-state index >= 15 is 0 Å². The Morgan fingerprint density at radius 1 is 1.38 bits per heavy atom. The number of aromatic nitrogens is 2. The Labute approximate surface area is 145 Å². The molecule has 24 heavy (non-hydrogen) atoms. The first-order valence-electron chi connectivity index (χ1n) is 8.56. The van der Waals surface area contributed by atoms with Gasteiger partial charge in [-0.3, -0.25) is 4.79 Å². The van der Waals surface area contributed by atoms with Crippen LogP contribution in [0.5, 0.6) is 0 Å². The van der Waals surface area contributed by atoms with Gasteiger partial charge in [0.1, 0.15) is 0 Å². The van der Waals surface area contributed by atoms with Gasteiger partial charge in [0.15, 0.2) is 5.82 Å². The van der Waals surface area contributed by atoms with Crippen molar-refractivity contribution in [2.24, 2.45) is 0 Å². The summed E-state index contributed by atoms with van der Waals surface area (Å²) in [6, 6.07) is 8.10. The average Bonchev–Trinajstić information content (AvgIpc) is 3.48. The van der Waals surface area contributed by atoms with Gasteiger partial charge in [-0.1, -0.05) is 28.9 Å². The van der Waals surface area contributed by atoms with E-state index in [0.29, 0.717) is 30.6 Å². The molecule has 5 nitrogen and oxygen atoms in total. The van der Waals surface area contributed by atoms with Crippen molar-refractivity contribution in [3.8, 4) is 0 Å². The monoisotopic (exact) mass is 345 g/mol. The topological polar surface area (TPSA) is 68.0 Å². The quantitative estimate of drug-likeness (QED) is 0.832. The number of hydrogen-bond acceptors (Lipinski definition) is 4. The van der Waals surface area contributed by atoms with Crippen LogP contribution < -0.4 is 5.32 Å². The van der Waals surface area contributed by atoms with Crippen molar-refractivity contribution in [2.45, 2.75) is 56.4 Å². The second-order valence-electron chi connectivity index (χ2n) is 6.75. The van der Waals surface area contributed by atoms with E-state index in [0.717, 1.165) is 36.5 Å². The number of halogens is 1. The number of benzene rings is 1. The first-order valence-corrected chi connectivity index (χ1v) is 8.94. The van der Waals surface area contributed by atoms with Crippen molar-refractivity contribution in [1.29, 1.82) is 0 Å². The molecule has 2 aliphatic rings. The van der Waals surface area contributed by atoms with Gasteiger partial charge in [-0.15, -0.1) is 0 Å². The Morgan fingerprint density at radius 3 is 3.04 bits per heavy atom. The molecule has 126 valence electrons. The number of rotatable bonds is 7. The highest BCUT2D eigenvalue weighted by Crippen LogP contribution is 2.41. The zero-order valence-corrected chi connectivity index (χ0v) is 14.1. The predicted molar refractivity (Wildman–Crippen MR) is 90.0 cm³/mol. The van der Waals surface area contributed by atoms with E-state index in [1.165, 1.54) is 5.56 Å². The van der Waals surface area contributed by atoms with Crippen molar-refractivity contribution in [1.82, 2.24) is 15.5 Å². The van der Waals surface area contributed by atoms with Gasteiger partial charge in [0, 0.05) is 35.7 Å². The van der Waals surface area contributed by atoms with Crippen LogP contribution in [0.1, 0.15) is 61.2 Å². The molecule has 0 unspecified atom stereocenters. The summed E-state index contributed by atoms with van der Waals surface area (Å²) in [6.45, 7) is 0. The molecule has 1 N–H and O–H groups in total. The van der Waals surface area contributed by atoms with Gasteiger partial charge in [0.05, 0.1) is 0 Å². The zero-order chi connectivity index (χ0) is 16.5. The molecular weight excluding hydrogens is 326 g/mol. The summed E-state index contributed by atoms with van der Waals surface area (Å²) in [5.74, 6) is 2.46. The maximum absolute atomic E-state index is 12.0. The molecule has 0 aliphatic heterocycles. The molecule has 4 rings (SSSR count). The van der Waals surface area contributed by atoms with Crippen LogP contribution in [-0.4, -0.2) is 22.1 Å². The molecule has 0 bridgehead atoms. The molecule has 1 amide bonds. The van der Waals surface area contributed by atoms with Gasteiger partial charge in [0.25, 0.3) is 0 Å². The number of amides is 1. The van der Waals surface area contributed by atoms with Crippen LogP contribution in [0.25, 0.3) is 0 Å². The van der Waals surface area contributed by atoms with Crippen molar-refractivity contribution in [3.63, 3.8) is 0 Å². The third kappa shape index (κ3) is 3.78. The standard InChI is InChI=1S/C18H20ClN3O2/c19-13-4-1-3-12(9-13)14-10-15(14)20-16(23)5-2-6-17-21-18(22-24-17)11-7-8-11/h1,3-4,9,11,14-15H,2,5-8,10H2,(H,20,23)/t14-,15-/m1/s1. The summed E-state index contributed by atoms with van der Waals surface area (Å²) in [7, 11) is 0. The van der Waals surface area contributed by atoms with Gasteiger partial charge in [0.2, 0.25) is 11.8 Å². The van der Waals surface area contributed by atoms with Gasteiger partial charge in [-0.2, -0.15) is 4.98 Å². The fourth-order valence-corrected chi connectivity index (χ4v) is 3.21. The molecule has 0 radical (unpaired) electrons. The van der Waals surface area contributed by atoms with Crippen LogP contribution in [0, 0.1) is 0 Å². The van der Waals surface area contributed by atoms with E-state index in [-0.39, 0.29) is 11.9 Å². The third-order valence-corrected chi connectivity index (χ3v) is 4.87. The number of nitrogens with zero attached hydrogens (tertiary/aromatic N) is 2. The normalized spacial score (nSPS) is 22.4. The Morgan fingerprint density at radius 2 is 2.25 bits per heavy atom. The lowest BCUT2D eigenvalue weighted by Gasteiger charge is -2.04. The first-order chi connectivity index (χ1) is 11.7. The largest absolute Gasteiger partial charge is 0.353 e. The molecular formula is C18H20ClN3O2. The molecule has 2 saturated carbocycles. The summed E-state index contributed by atoms with van der Waals surface area (Å²) in [6.07, 6.45) is 5.19.